The summed E-state index contributed by atoms with van der Waals surface area (Å²) < 4.78 is 5.26. The third-order valence-corrected chi connectivity index (χ3v) is 4.04. The van der Waals surface area contributed by atoms with Crippen LogP contribution in [0.3, 0.4) is 0 Å². The van der Waals surface area contributed by atoms with E-state index in [0.29, 0.717) is 24.7 Å². The number of amides is 1. The van der Waals surface area contributed by atoms with Gasteiger partial charge in [-0.05, 0) is 12.0 Å². The van der Waals surface area contributed by atoms with Crippen molar-refractivity contribution in [2.75, 3.05) is 31.6 Å². The van der Waals surface area contributed by atoms with Crippen molar-refractivity contribution >= 4 is 11.7 Å². The Labute approximate surface area is 146 Å². The first-order valence-electron chi connectivity index (χ1n) is 8.38. The molecule has 0 spiro atoms. The van der Waals surface area contributed by atoms with Crippen LogP contribution in [0.2, 0.25) is 0 Å². The highest BCUT2D eigenvalue weighted by atomic mass is 16.5. The summed E-state index contributed by atoms with van der Waals surface area (Å²) in [7, 11) is 0. The molecule has 1 unspecified atom stereocenters. The summed E-state index contributed by atoms with van der Waals surface area (Å²) in [5.74, 6) is 1.12. The first-order chi connectivity index (χ1) is 12.2. The number of nitrogens with one attached hydrogen (secondary N) is 1. The van der Waals surface area contributed by atoms with Crippen LogP contribution in [-0.4, -0.2) is 58.2 Å². The summed E-state index contributed by atoms with van der Waals surface area (Å²) in [6, 6.07) is 9.92. The molecule has 0 bridgehead atoms. The summed E-state index contributed by atoms with van der Waals surface area (Å²) in [4.78, 5) is 22.7. The Balaban J connectivity index is 1.52. The number of likely N-dealkylation sites (tertiary alicyclic amines) is 1. The SMILES string of the molecule is O=C(Cc1ccccc1)N1CCC(Nc2cncc(OCCO)n2)C1. The monoisotopic (exact) mass is 342 g/mol. The van der Waals surface area contributed by atoms with Gasteiger partial charge in [-0.15, -0.1) is 0 Å². The van der Waals surface area contributed by atoms with Crippen LogP contribution in [0.25, 0.3) is 0 Å². The van der Waals surface area contributed by atoms with Gasteiger partial charge in [0, 0.05) is 19.1 Å². The van der Waals surface area contributed by atoms with Gasteiger partial charge in [-0.1, -0.05) is 30.3 Å². The predicted octanol–water partition coefficient (Wildman–Crippen LogP) is 1.10. The molecule has 2 aromatic rings. The molecule has 132 valence electrons. The quantitative estimate of drug-likeness (QED) is 0.784. The molecule has 3 rings (SSSR count). The highest BCUT2D eigenvalue weighted by Crippen LogP contribution is 2.17. The summed E-state index contributed by atoms with van der Waals surface area (Å²) in [6.07, 6.45) is 4.42. The highest BCUT2D eigenvalue weighted by molar-refractivity contribution is 5.79. The maximum atomic E-state index is 12.4. The molecule has 0 radical (unpaired) electrons. The molecule has 7 heteroatoms. The van der Waals surface area contributed by atoms with E-state index in [2.05, 4.69) is 15.3 Å². The Morgan fingerprint density at radius 2 is 2.16 bits per heavy atom. The van der Waals surface area contributed by atoms with Crippen LogP contribution in [0.4, 0.5) is 5.82 Å². The van der Waals surface area contributed by atoms with E-state index in [4.69, 9.17) is 9.84 Å². The second kappa shape index (κ2) is 8.43. The first kappa shape index (κ1) is 17.2. The smallest absolute Gasteiger partial charge is 0.234 e. The normalized spacial score (nSPS) is 16.7. The number of aromatic nitrogens is 2. The number of ether oxygens (including phenoxy) is 1. The molecule has 2 N–H and O–H groups in total. The Morgan fingerprint density at radius 3 is 2.96 bits per heavy atom. The third-order valence-electron chi connectivity index (χ3n) is 4.04. The van der Waals surface area contributed by atoms with Crippen molar-refractivity contribution in [1.82, 2.24) is 14.9 Å². The van der Waals surface area contributed by atoms with Crippen LogP contribution in [-0.2, 0) is 11.2 Å². The van der Waals surface area contributed by atoms with E-state index < -0.39 is 0 Å². The minimum Gasteiger partial charge on any atom is -0.474 e. The van der Waals surface area contributed by atoms with Gasteiger partial charge >= 0.3 is 0 Å². The van der Waals surface area contributed by atoms with E-state index in [0.717, 1.165) is 18.5 Å². The summed E-state index contributed by atoms with van der Waals surface area (Å²) in [6.45, 7) is 1.50. The van der Waals surface area contributed by atoms with E-state index in [1.165, 1.54) is 6.20 Å². The van der Waals surface area contributed by atoms with Gasteiger partial charge in [-0.3, -0.25) is 9.78 Å². The van der Waals surface area contributed by atoms with Crippen LogP contribution in [0.5, 0.6) is 5.88 Å². The molecular formula is C18H22N4O3. The van der Waals surface area contributed by atoms with Crippen LogP contribution in [0.1, 0.15) is 12.0 Å². The summed E-state index contributed by atoms with van der Waals surface area (Å²) in [5.41, 5.74) is 1.03. The fourth-order valence-corrected chi connectivity index (χ4v) is 2.83. The molecule has 25 heavy (non-hydrogen) atoms. The van der Waals surface area contributed by atoms with Crippen LogP contribution < -0.4 is 10.1 Å². The maximum Gasteiger partial charge on any atom is 0.234 e. The Hall–Kier alpha value is -2.67. The zero-order valence-electron chi connectivity index (χ0n) is 14.0. The lowest BCUT2D eigenvalue weighted by atomic mass is 10.1. The highest BCUT2D eigenvalue weighted by Gasteiger charge is 2.26. The molecule has 1 aromatic carbocycles. The van der Waals surface area contributed by atoms with Crippen molar-refractivity contribution in [3.63, 3.8) is 0 Å². The van der Waals surface area contributed by atoms with Gasteiger partial charge in [0.05, 0.1) is 25.4 Å². The molecule has 1 aromatic heterocycles. The van der Waals surface area contributed by atoms with Crippen molar-refractivity contribution in [3.05, 3.63) is 48.3 Å². The lowest BCUT2D eigenvalue weighted by Gasteiger charge is -2.17. The Morgan fingerprint density at radius 1 is 1.32 bits per heavy atom. The van der Waals surface area contributed by atoms with Gasteiger partial charge < -0.3 is 20.1 Å². The molecule has 1 aliphatic rings. The van der Waals surface area contributed by atoms with Gasteiger partial charge in [0.25, 0.3) is 0 Å². The molecular weight excluding hydrogens is 320 g/mol. The molecule has 0 saturated carbocycles. The number of carbonyl (C=O) groups is 1. The second-order valence-corrected chi connectivity index (χ2v) is 5.95. The van der Waals surface area contributed by atoms with E-state index in [1.807, 2.05) is 35.2 Å². The van der Waals surface area contributed by atoms with Crippen molar-refractivity contribution in [2.45, 2.75) is 18.9 Å². The average Bonchev–Trinajstić information content (AvgIpc) is 3.10. The maximum absolute atomic E-state index is 12.4. The molecule has 1 fully saturated rings. The second-order valence-electron chi connectivity index (χ2n) is 5.95. The Kier molecular flexibility index (Phi) is 5.79. The number of aliphatic hydroxyl groups excluding tert-OH is 1. The number of hydrogen-bond acceptors (Lipinski definition) is 6. The topological polar surface area (TPSA) is 87.6 Å². The van der Waals surface area contributed by atoms with Crippen LogP contribution >= 0.6 is 0 Å². The predicted molar refractivity (Wildman–Crippen MR) is 93.4 cm³/mol. The van der Waals surface area contributed by atoms with Gasteiger partial charge in [0.15, 0.2) is 0 Å². The molecule has 2 heterocycles. The lowest BCUT2D eigenvalue weighted by Crippen LogP contribution is -2.32. The average molecular weight is 342 g/mol. The van der Waals surface area contributed by atoms with Crippen LogP contribution in [0, 0.1) is 0 Å². The van der Waals surface area contributed by atoms with E-state index >= 15 is 0 Å². The molecule has 1 atom stereocenters. The molecule has 0 aliphatic carbocycles. The lowest BCUT2D eigenvalue weighted by molar-refractivity contribution is -0.129. The van der Waals surface area contributed by atoms with Gasteiger partial charge in [0.1, 0.15) is 12.4 Å². The zero-order valence-corrected chi connectivity index (χ0v) is 14.0. The van der Waals surface area contributed by atoms with E-state index in [9.17, 15) is 4.79 Å². The number of rotatable bonds is 7. The van der Waals surface area contributed by atoms with Crippen molar-refractivity contribution in [2.24, 2.45) is 0 Å². The van der Waals surface area contributed by atoms with Gasteiger partial charge in [-0.25, -0.2) is 0 Å². The number of aliphatic hydroxyl groups is 1. The van der Waals surface area contributed by atoms with Crippen molar-refractivity contribution in [1.29, 1.82) is 0 Å². The number of hydrogen-bond donors (Lipinski definition) is 2. The van der Waals surface area contributed by atoms with Gasteiger partial charge in [0.2, 0.25) is 11.8 Å². The molecule has 1 amide bonds. The molecule has 1 aliphatic heterocycles. The fourth-order valence-electron chi connectivity index (χ4n) is 2.83. The number of anilines is 1. The fraction of sp³-hybridized carbons (Fsp3) is 0.389. The number of nitrogens with zero attached hydrogens (tertiary/aromatic N) is 3. The number of carbonyl (C=O) groups excluding carboxylic acids is 1. The van der Waals surface area contributed by atoms with E-state index in [1.54, 1.807) is 6.20 Å². The minimum atomic E-state index is -0.0690. The van der Waals surface area contributed by atoms with Crippen molar-refractivity contribution in [3.8, 4) is 5.88 Å². The standard InChI is InChI=1S/C18H22N4O3/c23-8-9-25-17-12-19-11-16(21-17)20-15-6-7-22(13-15)18(24)10-14-4-2-1-3-5-14/h1-5,11-12,15,23H,6-10,13H2,(H,20,21). The van der Waals surface area contributed by atoms with Crippen LogP contribution in [0.15, 0.2) is 42.7 Å². The third kappa shape index (κ3) is 4.90. The largest absolute Gasteiger partial charge is 0.474 e. The molecule has 1 saturated heterocycles. The minimum absolute atomic E-state index is 0.0690. The first-order valence-corrected chi connectivity index (χ1v) is 8.38. The zero-order chi connectivity index (χ0) is 17.5. The number of benzene rings is 1. The molecule has 7 nitrogen and oxygen atoms in total. The van der Waals surface area contributed by atoms with Gasteiger partial charge in [-0.2, -0.15) is 4.98 Å². The summed E-state index contributed by atoms with van der Waals surface area (Å²) in [5, 5.41) is 12.1. The van der Waals surface area contributed by atoms with Crippen molar-refractivity contribution < 1.29 is 14.6 Å². The Bertz CT molecular complexity index is 696. The summed E-state index contributed by atoms with van der Waals surface area (Å²) >= 11 is 0. The van der Waals surface area contributed by atoms with E-state index in [-0.39, 0.29) is 25.2 Å².